The van der Waals surface area contributed by atoms with Crippen LogP contribution in [-0.4, -0.2) is 30.2 Å². The molecule has 10 heteroatoms. The van der Waals surface area contributed by atoms with Gasteiger partial charge in [-0.15, -0.1) is 5.10 Å². The maximum atomic E-state index is 12.1. The van der Waals surface area contributed by atoms with Crippen LogP contribution in [0.5, 0.6) is 0 Å². The summed E-state index contributed by atoms with van der Waals surface area (Å²) in [5.74, 6) is 1.05. The second-order valence-electron chi connectivity index (χ2n) is 4.17. The first kappa shape index (κ1) is 14.7. The Balaban J connectivity index is 1.97. The fourth-order valence-corrected chi connectivity index (χ4v) is 3.79. The normalized spacial score (nSPS) is 11.2. The van der Waals surface area contributed by atoms with E-state index in [1.165, 1.54) is 11.8 Å². The number of halogens is 2. The van der Waals surface area contributed by atoms with Gasteiger partial charge in [0.25, 0.3) is 5.56 Å². The van der Waals surface area contributed by atoms with Crippen LogP contribution in [0.1, 0.15) is 5.82 Å². The molecule has 3 aromatic rings. The van der Waals surface area contributed by atoms with Crippen molar-refractivity contribution in [1.82, 2.24) is 30.2 Å². The highest BCUT2D eigenvalue weighted by Gasteiger charge is 2.10. The lowest BCUT2D eigenvalue weighted by Gasteiger charge is -2.04. The number of rotatable bonds is 3. The van der Waals surface area contributed by atoms with Crippen LogP contribution in [0.3, 0.4) is 0 Å². The molecule has 0 spiro atoms. The van der Waals surface area contributed by atoms with E-state index >= 15 is 0 Å². The van der Waals surface area contributed by atoms with Gasteiger partial charge in [-0.25, -0.2) is 9.67 Å². The van der Waals surface area contributed by atoms with Crippen LogP contribution in [0.15, 0.2) is 31.0 Å². The van der Waals surface area contributed by atoms with Crippen molar-refractivity contribution in [3.05, 3.63) is 37.3 Å². The highest BCUT2D eigenvalue weighted by Crippen LogP contribution is 2.26. The van der Waals surface area contributed by atoms with Gasteiger partial charge in [-0.05, 0) is 38.5 Å². The number of aromatic nitrogens is 6. The monoisotopic (exact) mass is 430 g/mol. The summed E-state index contributed by atoms with van der Waals surface area (Å²) >= 11 is 8.19. The summed E-state index contributed by atoms with van der Waals surface area (Å²) in [7, 11) is 1.76. The molecule has 2 heterocycles. The van der Waals surface area contributed by atoms with E-state index in [0.29, 0.717) is 27.6 Å². The average Bonchev–Trinajstić information content (AvgIpc) is 2.83. The van der Waals surface area contributed by atoms with Crippen LogP contribution >= 0.6 is 43.6 Å². The smallest absolute Gasteiger partial charge is 0.258 e. The lowest BCUT2D eigenvalue weighted by molar-refractivity contribution is 0.664. The number of thioether (sulfide) groups is 1. The minimum Gasteiger partial charge on any atom is -0.309 e. The second-order valence-corrected chi connectivity index (χ2v) is 6.88. The van der Waals surface area contributed by atoms with Crippen molar-refractivity contribution in [2.45, 2.75) is 10.9 Å². The predicted octanol–water partition coefficient (Wildman–Crippen LogP) is 2.26. The molecule has 0 bridgehead atoms. The quantitative estimate of drug-likeness (QED) is 0.639. The van der Waals surface area contributed by atoms with Crippen molar-refractivity contribution < 1.29 is 0 Å². The zero-order valence-corrected chi connectivity index (χ0v) is 14.7. The van der Waals surface area contributed by atoms with E-state index in [9.17, 15) is 4.79 Å². The number of benzene rings is 1. The third-order valence-electron chi connectivity index (χ3n) is 2.70. The van der Waals surface area contributed by atoms with Gasteiger partial charge in [0, 0.05) is 16.0 Å². The summed E-state index contributed by atoms with van der Waals surface area (Å²) in [6.45, 7) is 0. The van der Waals surface area contributed by atoms with Crippen molar-refractivity contribution in [2.24, 2.45) is 7.05 Å². The first-order valence-corrected chi connectivity index (χ1v) is 8.35. The fourth-order valence-electron chi connectivity index (χ4n) is 1.76. The number of fused-ring (bicyclic) bond motifs is 1. The van der Waals surface area contributed by atoms with E-state index in [2.05, 4.69) is 57.4 Å². The van der Waals surface area contributed by atoms with Crippen molar-refractivity contribution in [3.8, 4) is 0 Å². The average molecular weight is 432 g/mol. The largest absolute Gasteiger partial charge is 0.309 e. The molecule has 3 rings (SSSR count). The maximum Gasteiger partial charge on any atom is 0.258 e. The van der Waals surface area contributed by atoms with Crippen LogP contribution in [0.4, 0.5) is 0 Å². The summed E-state index contributed by atoms with van der Waals surface area (Å²) in [5.41, 5.74) is 0.460. The van der Waals surface area contributed by atoms with Gasteiger partial charge in [-0.2, -0.15) is 0 Å². The van der Waals surface area contributed by atoms with Crippen LogP contribution < -0.4 is 5.56 Å². The summed E-state index contributed by atoms with van der Waals surface area (Å²) in [6.07, 6.45) is 0. The molecule has 0 amide bonds. The molecule has 0 saturated heterocycles. The lowest BCUT2D eigenvalue weighted by atomic mass is 10.2. The molecule has 1 aromatic carbocycles. The van der Waals surface area contributed by atoms with Crippen molar-refractivity contribution >= 4 is 54.5 Å². The van der Waals surface area contributed by atoms with Crippen LogP contribution in [0, 0.1) is 0 Å². The molecule has 1 N–H and O–H groups in total. The van der Waals surface area contributed by atoms with E-state index in [0.717, 1.165) is 8.95 Å². The van der Waals surface area contributed by atoms with E-state index in [1.54, 1.807) is 17.8 Å². The molecule has 0 aliphatic heterocycles. The SMILES string of the molecule is Cn1nnnc1SCc1nc2c(Br)cc(Br)cc2c(=O)[nH]1. The highest BCUT2D eigenvalue weighted by molar-refractivity contribution is 9.11. The number of aryl methyl sites for hydroxylation is 1. The molecule has 0 atom stereocenters. The molecule has 2 aromatic heterocycles. The molecular weight excluding hydrogens is 424 g/mol. The van der Waals surface area contributed by atoms with Crippen molar-refractivity contribution in [3.63, 3.8) is 0 Å². The molecule has 0 aliphatic carbocycles. The van der Waals surface area contributed by atoms with E-state index in [-0.39, 0.29) is 5.56 Å². The molecule has 7 nitrogen and oxygen atoms in total. The molecule has 21 heavy (non-hydrogen) atoms. The standard InChI is InChI=1S/C11H8Br2N6OS/c1-19-11(16-17-18-19)21-4-8-14-9-6(10(20)15-8)2-5(12)3-7(9)13/h2-3H,4H2,1H3,(H,14,15,20). The zero-order valence-electron chi connectivity index (χ0n) is 10.7. The molecule has 0 saturated carbocycles. The Morgan fingerprint density at radius 1 is 1.38 bits per heavy atom. The Kier molecular flexibility index (Phi) is 4.09. The van der Waals surface area contributed by atoms with Crippen molar-refractivity contribution in [1.29, 1.82) is 0 Å². The highest BCUT2D eigenvalue weighted by atomic mass is 79.9. The topological polar surface area (TPSA) is 89.3 Å². The minimum absolute atomic E-state index is 0.173. The van der Waals surface area contributed by atoms with E-state index < -0.39 is 0 Å². The van der Waals surface area contributed by atoms with Gasteiger partial charge in [0.1, 0.15) is 5.82 Å². The number of hydrogen-bond donors (Lipinski definition) is 1. The molecule has 0 radical (unpaired) electrons. The Labute approximate surface area is 139 Å². The third-order valence-corrected chi connectivity index (χ3v) is 4.78. The third kappa shape index (κ3) is 3.01. The van der Waals surface area contributed by atoms with Crippen LogP contribution in [0.25, 0.3) is 10.9 Å². The summed E-state index contributed by atoms with van der Waals surface area (Å²) in [6, 6.07) is 3.60. The number of tetrazole rings is 1. The fraction of sp³-hybridized carbons (Fsp3) is 0.182. The van der Waals surface area contributed by atoms with Crippen molar-refractivity contribution in [2.75, 3.05) is 0 Å². The summed E-state index contributed by atoms with van der Waals surface area (Å²) in [5, 5.41) is 12.4. The number of hydrogen-bond acceptors (Lipinski definition) is 6. The molecule has 0 unspecified atom stereocenters. The molecule has 0 aliphatic rings. The van der Waals surface area contributed by atoms with Gasteiger partial charge >= 0.3 is 0 Å². The number of aromatic amines is 1. The zero-order chi connectivity index (χ0) is 15.0. The van der Waals surface area contributed by atoms with Crippen LogP contribution in [0.2, 0.25) is 0 Å². The summed E-state index contributed by atoms with van der Waals surface area (Å²) in [4.78, 5) is 19.4. The van der Waals surface area contributed by atoms with Gasteiger partial charge in [0.05, 0.1) is 16.7 Å². The van der Waals surface area contributed by atoms with Gasteiger partial charge < -0.3 is 4.98 Å². The van der Waals surface area contributed by atoms with Crippen LogP contribution in [-0.2, 0) is 12.8 Å². The Hall–Kier alpha value is -1.26. The maximum absolute atomic E-state index is 12.1. The van der Waals surface area contributed by atoms with Gasteiger partial charge in [-0.3, -0.25) is 4.79 Å². The molecule has 0 fully saturated rings. The first-order chi connectivity index (χ1) is 10.0. The predicted molar refractivity (Wildman–Crippen MR) is 86.1 cm³/mol. The van der Waals surface area contributed by atoms with Gasteiger partial charge in [0.15, 0.2) is 0 Å². The Bertz CT molecular complexity index is 877. The number of nitrogens with zero attached hydrogens (tertiary/aromatic N) is 5. The Morgan fingerprint density at radius 3 is 2.90 bits per heavy atom. The first-order valence-electron chi connectivity index (χ1n) is 5.77. The van der Waals surface area contributed by atoms with E-state index in [1.807, 2.05) is 6.07 Å². The molecular formula is C11H8Br2N6OS. The lowest BCUT2D eigenvalue weighted by Crippen LogP contribution is -2.11. The number of H-pyrrole nitrogens is 1. The van der Waals surface area contributed by atoms with Gasteiger partial charge in [0.2, 0.25) is 5.16 Å². The number of nitrogens with one attached hydrogen (secondary N) is 1. The second kappa shape index (κ2) is 5.85. The molecule has 108 valence electrons. The van der Waals surface area contributed by atoms with E-state index in [4.69, 9.17) is 0 Å². The van der Waals surface area contributed by atoms with Gasteiger partial charge in [-0.1, -0.05) is 27.7 Å². The Morgan fingerprint density at radius 2 is 2.19 bits per heavy atom. The minimum atomic E-state index is -0.173. The summed E-state index contributed by atoms with van der Waals surface area (Å²) < 4.78 is 3.16.